The Labute approximate surface area is 89.0 Å². The summed E-state index contributed by atoms with van der Waals surface area (Å²) in [5.74, 6) is 0. The van der Waals surface area contributed by atoms with Crippen LogP contribution in [0.3, 0.4) is 0 Å². The fraction of sp³-hybridized carbons (Fsp3) is 0.273. The Hall–Kier alpha value is -1.68. The molecule has 2 rings (SSSR count). The summed E-state index contributed by atoms with van der Waals surface area (Å²) in [7, 11) is 1.94. The van der Waals surface area contributed by atoms with Gasteiger partial charge in [0.1, 0.15) is 0 Å². The minimum Gasteiger partial charge on any atom is -0.306 e. The number of pyridine rings is 1. The smallest absolute Gasteiger partial charge is 0.0541 e. The minimum absolute atomic E-state index is 0.784. The van der Waals surface area contributed by atoms with Crippen LogP contribution in [0.5, 0.6) is 0 Å². The second kappa shape index (κ2) is 4.70. The van der Waals surface area contributed by atoms with Crippen molar-refractivity contribution in [3.05, 3.63) is 48.0 Å². The zero-order valence-corrected chi connectivity index (χ0v) is 8.72. The van der Waals surface area contributed by atoms with Crippen molar-refractivity contribution in [2.45, 2.75) is 13.1 Å². The molecule has 0 aliphatic heterocycles. The number of nitrogens with zero attached hydrogens (tertiary/aromatic N) is 3. The van der Waals surface area contributed by atoms with Crippen LogP contribution < -0.4 is 5.32 Å². The van der Waals surface area contributed by atoms with Crippen molar-refractivity contribution in [3.8, 4) is 0 Å². The average molecular weight is 202 g/mol. The normalized spacial score (nSPS) is 10.5. The number of hydrogen-bond acceptors (Lipinski definition) is 3. The van der Waals surface area contributed by atoms with Crippen LogP contribution in [0.15, 0.2) is 36.7 Å². The molecular weight excluding hydrogens is 188 g/mol. The highest BCUT2D eigenvalue weighted by atomic mass is 15.3. The molecule has 0 aliphatic carbocycles. The minimum atomic E-state index is 0.784. The highest BCUT2D eigenvalue weighted by molar-refractivity contribution is 5.04. The van der Waals surface area contributed by atoms with E-state index in [4.69, 9.17) is 0 Å². The van der Waals surface area contributed by atoms with Gasteiger partial charge < -0.3 is 5.32 Å². The third-order valence-electron chi connectivity index (χ3n) is 2.26. The molecule has 0 spiro atoms. The monoisotopic (exact) mass is 202 g/mol. The lowest BCUT2D eigenvalue weighted by atomic mass is 10.3. The van der Waals surface area contributed by atoms with Gasteiger partial charge in [-0.3, -0.25) is 9.67 Å². The predicted molar refractivity (Wildman–Crippen MR) is 58.0 cm³/mol. The Morgan fingerprint density at radius 2 is 2.13 bits per heavy atom. The van der Waals surface area contributed by atoms with Gasteiger partial charge in [0.05, 0.1) is 11.4 Å². The van der Waals surface area contributed by atoms with Gasteiger partial charge in [-0.05, 0) is 18.2 Å². The van der Waals surface area contributed by atoms with Gasteiger partial charge in [0.25, 0.3) is 0 Å². The molecule has 78 valence electrons. The third kappa shape index (κ3) is 2.63. The van der Waals surface area contributed by atoms with E-state index in [2.05, 4.69) is 15.4 Å². The van der Waals surface area contributed by atoms with Crippen LogP contribution in [-0.4, -0.2) is 14.8 Å². The van der Waals surface area contributed by atoms with Gasteiger partial charge in [-0.15, -0.1) is 0 Å². The van der Waals surface area contributed by atoms with Crippen molar-refractivity contribution in [1.29, 1.82) is 0 Å². The molecule has 2 aromatic rings. The van der Waals surface area contributed by atoms with Crippen LogP contribution in [0.4, 0.5) is 0 Å². The molecule has 0 unspecified atom stereocenters. The number of rotatable bonds is 4. The molecular formula is C11H14N4. The maximum absolute atomic E-state index is 4.24. The van der Waals surface area contributed by atoms with E-state index < -0.39 is 0 Å². The van der Waals surface area contributed by atoms with Gasteiger partial charge in [0, 0.05) is 32.5 Å². The maximum atomic E-state index is 4.24. The molecule has 0 saturated heterocycles. The summed E-state index contributed by atoms with van der Waals surface area (Å²) in [5.41, 5.74) is 2.23. The van der Waals surface area contributed by atoms with E-state index in [0.29, 0.717) is 0 Å². The molecule has 0 aromatic carbocycles. The molecule has 4 nitrogen and oxygen atoms in total. The van der Waals surface area contributed by atoms with Gasteiger partial charge in [-0.2, -0.15) is 5.10 Å². The molecule has 0 amide bonds. The van der Waals surface area contributed by atoms with Crippen molar-refractivity contribution in [3.63, 3.8) is 0 Å². The Kier molecular flexibility index (Phi) is 3.09. The van der Waals surface area contributed by atoms with Crippen LogP contribution in [0.25, 0.3) is 0 Å². The second-order valence-electron chi connectivity index (χ2n) is 3.37. The summed E-state index contributed by atoms with van der Waals surface area (Å²) in [6.07, 6.45) is 3.61. The van der Waals surface area contributed by atoms with E-state index in [1.807, 2.05) is 36.0 Å². The van der Waals surface area contributed by atoms with Crippen molar-refractivity contribution in [2.75, 3.05) is 0 Å². The molecule has 1 N–H and O–H groups in total. The summed E-state index contributed by atoms with van der Waals surface area (Å²) < 4.78 is 1.87. The van der Waals surface area contributed by atoms with Gasteiger partial charge in [0.15, 0.2) is 0 Å². The summed E-state index contributed by atoms with van der Waals surface area (Å²) in [5, 5.41) is 7.42. The van der Waals surface area contributed by atoms with Gasteiger partial charge in [-0.25, -0.2) is 0 Å². The first kappa shape index (κ1) is 9.86. The largest absolute Gasteiger partial charge is 0.306 e. The summed E-state index contributed by atoms with van der Waals surface area (Å²) in [4.78, 5) is 4.24. The highest BCUT2D eigenvalue weighted by Crippen LogP contribution is 1.97. The molecule has 2 heterocycles. The zero-order chi connectivity index (χ0) is 10.5. The molecule has 0 bridgehead atoms. The predicted octanol–water partition coefficient (Wildman–Crippen LogP) is 1.10. The standard InChI is InChI=1S/C11H14N4/c1-15-11(5-7-14-15)9-12-8-10-4-2-3-6-13-10/h2-7,12H,8-9H2,1H3. The van der Waals surface area contributed by atoms with Gasteiger partial charge in [-0.1, -0.05) is 6.07 Å². The van der Waals surface area contributed by atoms with E-state index in [-0.39, 0.29) is 0 Å². The molecule has 0 saturated carbocycles. The molecule has 15 heavy (non-hydrogen) atoms. The molecule has 4 heteroatoms. The van der Waals surface area contributed by atoms with Crippen LogP contribution in [-0.2, 0) is 20.1 Å². The van der Waals surface area contributed by atoms with E-state index in [1.165, 1.54) is 5.69 Å². The number of nitrogens with one attached hydrogen (secondary N) is 1. The topological polar surface area (TPSA) is 42.7 Å². The summed E-state index contributed by atoms with van der Waals surface area (Å²) in [6.45, 7) is 1.60. The van der Waals surface area contributed by atoms with Crippen LogP contribution >= 0.6 is 0 Å². The Bertz CT molecular complexity index is 408. The Morgan fingerprint density at radius 3 is 2.80 bits per heavy atom. The van der Waals surface area contributed by atoms with Crippen molar-refractivity contribution in [1.82, 2.24) is 20.1 Å². The first-order valence-corrected chi connectivity index (χ1v) is 4.94. The third-order valence-corrected chi connectivity index (χ3v) is 2.26. The van der Waals surface area contributed by atoms with Crippen LogP contribution in [0.1, 0.15) is 11.4 Å². The molecule has 0 aliphatic rings. The van der Waals surface area contributed by atoms with Crippen LogP contribution in [0, 0.1) is 0 Å². The van der Waals surface area contributed by atoms with E-state index >= 15 is 0 Å². The summed E-state index contributed by atoms with van der Waals surface area (Å²) in [6, 6.07) is 7.93. The molecule has 0 fully saturated rings. The van der Waals surface area contributed by atoms with E-state index in [1.54, 1.807) is 12.4 Å². The van der Waals surface area contributed by atoms with Crippen molar-refractivity contribution >= 4 is 0 Å². The molecule has 0 radical (unpaired) electrons. The van der Waals surface area contributed by atoms with Crippen molar-refractivity contribution < 1.29 is 0 Å². The lowest BCUT2D eigenvalue weighted by Crippen LogP contribution is -2.15. The lowest BCUT2D eigenvalue weighted by molar-refractivity contribution is 0.620. The van der Waals surface area contributed by atoms with E-state index in [0.717, 1.165) is 18.8 Å². The lowest BCUT2D eigenvalue weighted by Gasteiger charge is -2.04. The average Bonchev–Trinajstić information content (AvgIpc) is 2.66. The molecule has 2 aromatic heterocycles. The summed E-state index contributed by atoms with van der Waals surface area (Å²) >= 11 is 0. The molecule has 0 atom stereocenters. The van der Waals surface area contributed by atoms with E-state index in [9.17, 15) is 0 Å². The second-order valence-corrected chi connectivity index (χ2v) is 3.37. The fourth-order valence-corrected chi connectivity index (χ4v) is 1.40. The quantitative estimate of drug-likeness (QED) is 0.807. The maximum Gasteiger partial charge on any atom is 0.0541 e. The Morgan fingerprint density at radius 1 is 1.20 bits per heavy atom. The van der Waals surface area contributed by atoms with Crippen LogP contribution in [0.2, 0.25) is 0 Å². The number of aromatic nitrogens is 3. The van der Waals surface area contributed by atoms with Crippen molar-refractivity contribution in [2.24, 2.45) is 7.05 Å². The highest BCUT2D eigenvalue weighted by Gasteiger charge is 1.97. The van der Waals surface area contributed by atoms with Gasteiger partial charge >= 0.3 is 0 Å². The number of aryl methyl sites for hydroxylation is 1. The SMILES string of the molecule is Cn1nccc1CNCc1ccccn1. The number of hydrogen-bond donors (Lipinski definition) is 1. The fourth-order valence-electron chi connectivity index (χ4n) is 1.40. The Balaban J connectivity index is 1.83. The van der Waals surface area contributed by atoms with Gasteiger partial charge in [0.2, 0.25) is 0 Å². The first-order valence-electron chi connectivity index (χ1n) is 4.94. The first-order chi connectivity index (χ1) is 7.36. The zero-order valence-electron chi connectivity index (χ0n) is 8.72.